The number of carbonyl (C=O) groups excluding carboxylic acids is 3. The zero-order valence-electron chi connectivity index (χ0n) is 16.6. The van der Waals surface area contributed by atoms with Crippen molar-refractivity contribution in [3.05, 3.63) is 70.4 Å². The van der Waals surface area contributed by atoms with Crippen LogP contribution in [0.4, 0.5) is 10.1 Å². The number of esters is 1. The number of amides is 2. The SMILES string of the molecule is CCOC(=O)c1ccc(NC(=O)CCN2C(=O)C(=Cc3ccccc3F)SC2=S)cc1. The quantitative estimate of drug-likeness (QED) is 0.380. The second-order valence-electron chi connectivity index (χ2n) is 6.45. The van der Waals surface area contributed by atoms with Crippen molar-refractivity contribution in [2.45, 2.75) is 13.3 Å². The van der Waals surface area contributed by atoms with E-state index in [9.17, 15) is 18.8 Å². The number of halogens is 1. The molecule has 0 aromatic heterocycles. The molecule has 1 saturated heterocycles. The number of hydrogen-bond acceptors (Lipinski definition) is 6. The van der Waals surface area contributed by atoms with E-state index in [4.69, 9.17) is 17.0 Å². The van der Waals surface area contributed by atoms with Crippen LogP contribution in [-0.2, 0) is 14.3 Å². The number of anilines is 1. The van der Waals surface area contributed by atoms with E-state index in [2.05, 4.69) is 5.32 Å². The number of rotatable bonds is 7. The molecule has 6 nitrogen and oxygen atoms in total. The summed E-state index contributed by atoms with van der Waals surface area (Å²) < 4.78 is 19.1. The second-order valence-corrected chi connectivity index (χ2v) is 8.13. The first-order chi connectivity index (χ1) is 14.9. The first-order valence-electron chi connectivity index (χ1n) is 9.46. The van der Waals surface area contributed by atoms with Crippen molar-refractivity contribution < 1.29 is 23.5 Å². The summed E-state index contributed by atoms with van der Waals surface area (Å²) in [6.45, 7) is 2.11. The third-order valence-corrected chi connectivity index (χ3v) is 5.69. The summed E-state index contributed by atoms with van der Waals surface area (Å²) in [5, 5.41) is 2.71. The molecule has 1 N–H and O–H groups in total. The summed E-state index contributed by atoms with van der Waals surface area (Å²) in [4.78, 5) is 38.2. The van der Waals surface area contributed by atoms with Gasteiger partial charge in [0.1, 0.15) is 10.1 Å². The van der Waals surface area contributed by atoms with Crippen molar-refractivity contribution in [3.63, 3.8) is 0 Å². The van der Waals surface area contributed by atoms with E-state index in [0.717, 1.165) is 11.8 Å². The second kappa shape index (κ2) is 10.3. The van der Waals surface area contributed by atoms with Crippen molar-refractivity contribution in [3.8, 4) is 0 Å². The van der Waals surface area contributed by atoms with E-state index < -0.39 is 11.8 Å². The molecule has 1 aliphatic rings. The van der Waals surface area contributed by atoms with Gasteiger partial charge in [0.2, 0.25) is 5.91 Å². The predicted molar refractivity (Wildman–Crippen MR) is 122 cm³/mol. The average Bonchev–Trinajstić information content (AvgIpc) is 3.01. The number of thiocarbonyl (C=S) groups is 1. The van der Waals surface area contributed by atoms with Gasteiger partial charge < -0.3 is 10.1 Å². The minimum atomic E-state index is -0.432. The van der Waals surface area contributed by atoms with E-state index in [1.54, 1.807) is 49.4 Å². The van der Waals surface area contributed by atoms with Gasteiger partial charge in [-0.15, -0.1) is 0 Å². The lowest BCUT2D eigenvalue weighted by atomic mass is 10.2. The van der Waals surface area contributed by atoms with Crippen LogP contribution < -0.4 is 5.32 Å². The number of nitrogens with zero attached hydrogens (tertiary/aromatic N) is 1. The van der Waals surface area contributed by atoms with E-state index >= 15 is 0 Å². The molecule has 31 heavy (non-hydrogen) atoms. The van der Waals surface area contributed by atoms with E-state index in [-0.39, 0.29) is 31.4 Å². The Labute approximate surface area is 188 Å². The molecule has 9 heteroatoms. The molecule has 2 aromatic carbocycles. The summed E-state index contributed by atoms with van der Waals surface area (Å²) in [6, 6.07) is 12.5. The number of benzene rings is 2. The Hall–Kier alpha value is -3.04. The Morgan fingerprint density at radius 2 is 1.90 bits per heavy atom. The van der Waals surface area contributed by atoms with E-state index in [1.807, 2.05) is 0 Å². The third kappa shape index (κ3) is 5.77. The minimum absolute atomic E-state index is 0.0268. The van der Waals surface area contributed by atoms with Crippen LogP contribution in [0.3, 0.4) is 0 Å². The smallest absolute Gasteiger partial charge is 0.338 e. The van der Waals surface area contributed by atoms with Gasteiger partial charge in [0.15, 0.2) is 0 Å². The third-order valence-electron chi connectivity index (χ3n) is 4.31. The molecule has 0 unspecified atom stereocenters. The van der Waals surface area contributed by atoms with Crippen LogP contribution in [0.5, 0.6) is 0 Å². The van der Waals surface area contributed by atoms with Crippen LogP contribution in [0.1, 0.15) is 29.3 Å². The molecular formula is C22H19FN2O4S2. The topological polar surface area (TPSA) is 75.7 Å². The molecule has 2 aromatic rings. The fourth-order valence-electron chi connectivity index (χ4n) is 2.77. The molecule has 1 aliphatic heterocycles. The monoisotopic (exact) mass is 458 g/mol. The maximum absolute atomic E-state index is 13.8. The summed E-state index contributed by atoms with van der Waals surface area (Å²) in [5.41, 5.74) is 1.20. The Morgan fingerprint density at radius 1 is 1.19 bits per heavy atom. The molecular weight excluding hydrogens is 439 g/mol. The van der Waals surface area contributed by atoms with E-state index in [0.29, 0.717) is 26.0 Å². The van der Waals surface area contributed by atoms with Crippen LogP contribution in [0.2, 0.25) is 0 Å². The maximum atomic E-state index is 13.8. The van der Waals surface area contributed by atoms with Crippen LogP contribution in [0.25, 0.3) is 6.08 Å². The van der Waals surface area contributed by atoms with Crippen molar-refractivity contribution in [1.82, 2.24) is 4.90 Å². The van der Waals surface area contributed by atoms with Gasteiger partial charge in [0.05, 0.1) is 17.1 Å². The number of thioether (sulfide) groups is 1. The Bertz CT molecular complexity index is 1050. The number of carbonyl (C=O) groups is 3. The summed E-state index contributed by atoms with van der Waals surface area (Å²) in [7, 11) is 0. The lowest BCUT2D eigenvalue weighted by molar-refractivity contribution is -0.122. The molecule has 1 heterocycles. The maximum Gasteiger partial charge on any atom is 0.338 e. The molecule has 2 amide bonds. The molecule has 0 atom stereocenters. The van der Waals surface area contributed by atoms with Crippen LogP contribution >= 0.6 is 24.0 Å². The highest BCUT2D eigenvalue weighted by atomic mass is 32.2. The molecule has 0 radical (unpaired) electrons. The number of ether oxygens (including phenoxy) is 1. The van der Waals surface area contributed by atoms with Gasteiger partial charge in [-0.3, -0.25) is 14.5 Å². The van der Waals surface area contributed by atoms with Crippen molar-refractivity contribution >= 4 is 57.8 Å². The fourth-order valence-corrected chi connectivity index (χ4v) is 4.07. The molecule has 0 saturated carbocycles. The van der Waals surface area contributed by atoms with Crippen LogP contribution in [0.15, 0.2) is 53.4 Å². The van der Waals surface area contributed by atoms with Crippen molar-refractivity contribution in [1.29, 1.82) is 0 Å². The zero-order valence-corrected chi connectivity index (χ0v) is 18.2. The van der Waals surface area contributed by atoms with Crippen molar-refractivity contribution in [2.75, 3.05) is 18.5 Å². The molecule has 3 rings (SSSR count). The highest BCUT2D eigenvalue weighted by Gasteiger charge is 2.32. The molecule has 0 aliphatic carbocycles. The Kier molecular flexibility index (Phi) is 7.54. The Morgan fingerprint density at radius 3 is 2.58 bits per heavy atom. The molecule has 160 valence electrons. The van der Waals surface area contributed by atoms with Crippen LogP contribution in [0, 0.1) is 5.82 Å². The van der Waals surface area contributed by atoms with Crippen molar-refractivity contribution in [2.24, 2.45) is 0 Å². The number of nitrogens with one attached hydrogen (secondary N) is 1. The normalized spacial score (nSPS) is 14.8. The van der Waals surface area contributed by atoms with Gasteiger partial charge in [-0.05, 0) is 43.3 Å². The van der Waals surface area contributed by atoms with Crippen LogP contribution in [-0.4, -0.2) is 40.2 Å². The van der Waals surface area contributed by atoms with E-state index in [1.165, 1.54) is 17.0 Å². The highest BCUT2D eigenvalue weighted by Crippen LogP contribution is 2.33. The highest BCUT2D eigenvalue weighted by molar-refractivity contribution is 8.26. The van der Waals surface area contributed by atoms with Gasteiger partial charge in [-0.1, -0.05) is 42.2 Å². The zero-order chi connectivity index (χ0) is 22.4. The average molecular weight is 459 g/mol. The number of hydrogen-bond donors (Lipinski definition) is 1. The lowest BCUT2D eigenvalue weighted by Crippen LogP contribution is -2.31. The first-order valence-corrected chi connectivity index (χ1v) is 10.7. The van der Waals surface area contributed by atoms with Gasteiger partial charge in [0, 0.05) is 24.2 Å². The summed E-state index contributed by atoms with van der Waals surface area (Å²) in [6.07, 6.45) is 1.48. The van der Waals surface area contributed by atoms with Gasteiger partial charge in [-0.25, -0.2) is 9.18 Å². The summed E-state index contributed by atoms with van der Waals surface area (Å²) in [5.74, 6) is -1.53. The van der Waals surface area contributed by atoms with Gasteiger partial charge in [0.25, 0.3) is 5.91 Å². The van der Waals surface area contributed by atoms with Gasteiger partial charge >= 0.3 is 5.97 Å². The summed E-state index contributed by atoms with van der Waals surface area (Å²) >= 11 is 6.32. The minimum Gasteiger partial charge on any atom is -0.462 e. The molecule has 1 fully saturated rings. The Balaban J connectivity index is 1.56. The predicted octanol–water partition coefficient (Wildman–Crippen LogP) is 4.23. The largest absolute Gasteiger partial charge is 0.462 e. The molecule has 0 spiro atoms. The molecule has 0 bridgehead atoms. The first kappa shape index (κ1) is 22.6. The lowest BCUT2D eigenvalue weighted by Gasteiger charge is -2.14. The van der Waals surface area contributed by atoms with Gasteiger partial charge in [-0.2, -0.15) is 0 Å². The standard InChI is InChI=1S/C22H19FN2O4S2/c1-2-29-21(28)14-7-9-16(10-8-14)24-19(26)11-12-25-20(27)18(31-22(25)30)13-15-5-3-4-6-17(15)23/h3-10,13H,2,11-12H2,1H3,(H,24,26). The fraction of sp³-hybridized carbons (Fsp3) is 0.182.